The van der Waals surface area contributed by atoms with Crippen LogP contribution in [0, 0.1) is 0 Å². The van der Waals surface area contributed by atoms with Gasteiger partial charge >= 0.3 is 0 Å². The van der Waals surface area contributed by atoms with Crippen LogP contribution in [0.3, 0.4) is 0 Å². The molecule has 0 fully saturated rings. The molecule has 0 saturated carbocycles. The normalized spacial score (nSPS) is 19.3. The van der Waals surface area contributed by atoms with Gasteiger partial charge < -0.3 is 10.0 Å². The van der Waals surface area contributed by atoms with E-state index in [2.05, 4.69) is 24.0 Å². The van der Waals surface area contributed by atoms with E-state index in [-0.39, 0.29) is 6.61 Å². The van der Waals surface area contributed by atoms with Crippen LogP contribution < -0.4 is 4.90 Å². The number of aliphatic hydroxyl groups excluding tert-OH is 1. The summed E-state index contributed by atoms with van der Waals surface area (Å²) in [4.78, 5) is 2.54. The molecule has 2 nitrogen and oxygen atoms in total. The van der Waals surface area contributed by atoms with Gasteiger partial charge in [-0.05, 0) is 42.4 Å². The minimum absolute atomic E-state index is 0.276. The predicted octanol–water partition coefficient (Wildman–Crippen LogP) is 2.48. The average Bonchev–Trinajstić information content (AvgIpc) is 2.76. The summed E-state index contributed by atoms with van der Waals surface area (Å²) in [7, 11) is 0. The smallest absolute Gasteiger partial charge is 0.0499 e. The first-order chi connectivity index (χ1) is 8.33. The van der Waals surface area contributed by atoms with Gasteiger partial charge in [-0.15, -0.1) is 0 Å². The Labute approximate surface area is 103 Å². The maximum atomic E-state index is 9.45. The molecule has 0 bridgehead atoms. The number of hydrogen-bond acceptors (Lipinski definition) is 2. The fourth-order valence-corrected chi connectivity index (χ4v) is 3.33. The van der Waals surface area contributed by atoms with Gasteiger partial charge in [0.25, 0.3) is 0 Å². The van der Waals surface area contributed by atoms with Gasteiger partial charge in [0, 0.05) is 31.3 Å². The van der Waals surface area contributed by atoms with E-state index in [4.69, 9.17) is 0 Å². The molecular formula is C15H21NO. The molecule has 1 aromatic carbocycles. The lowest BCUT2D eigenvalue weighted by Gasteiger charge is -2.28. The third-order valence-electron chi connectivity index (χ3n) is 4.32. The quantitative estimate of drug-likeness (QED) is 0.864. The van der Waals surface area contributed by atoms with E-state index in [1.165, 1.54) is 54.7 Å². The molecule has 1 aromatic rings. The molecule has 0 amide bonds. The van der Waals surface area contributed by atoms with E-state index in [1.54, 1.807) is 0 Å². The molecule has 1 unspecified atom stereocenters. The maximum absolute atomic E-state index is 9.45. The van der Waals surface area contributed by atoms with E-state index >= 15 is 0 Å². The summed E-state index contributed by atoms with van der Waals surface area (Å²) < 4.78 is 0. The van der Waals surface area contributed by atoms with Crippen molar-refractivity contribution in [3.05, 3.63) is 28.8 Å². The molecule has 0 aromatic heterocycles. The predicted molar refractivity (Wildman–Crippen MR) is 70.8 cm³/mol. The SMILES string of the molecule is CCC(CO)c1cc2c3c(c1)CCN3CCC2. The van der Waals surface area contributed by atoms with Crippen molar-refractivity contribution in [3.63, 3.8) is 0 Å². The van der Waals surface area contributed by atoms with Crippen molar-refractivity contribution in [1.82, 2.24) is 0 Å². The molecular weight excluding hydrogens is 210 g/mol. The summed E-state index contributed by atoms with van der Waals surface area (Å²) in [6.45, 7) is 4.86. The number of rotatable bonds is 3. The lowest BCUT2D eigenvalue weighted by Crippen LogP contribution is -2.26. The zero-order chi connectivity index (χ0) is 11.8. The molecule has 2 aliphatic heterocycles. The molecule has 17 heavy (non-hydrogen) atoms. The first kappa shape index (κ1) is 11.1. The Morgan fingerprint density at radius 1 is 1.24 bits per heavy atom. The molecule has 2 heterocycles. The summed E-state index contributed by atoms with van der Waals surface area (Å²) in [6.07, 6.45) is 4.72. The first-order valence-corrected chi connectivity index (χ1v) is 6.85. The van der Waals surface area contributed by atoms with Crippen LogP contribution in [0.5, 0.6) is 0 Å². The zero-order valence-corrected chi connectivity index (χ0v) is 10.6. The third-order valence-corrected chi connectivity index (χ3v) is 4.32. The van der Waals surface area contributed by atoms with E-state index in [0.29, 0.717) is 5.92 Å². The summed E-state index contributed by atoms with van der Waals surface area (Å²) in [5, 5.41) is 9.45. The van der Waals surface area contributed by atoms with Crippen molar-refractivity contribution >= 4 is 5.69 Å². The molecule has 2 heteroatoms. The second-order valence-electron chi connectivity index (χ2n) is 5.32. The van der Waals surface area contributed by atoms with Gasteiger partial charge in [0.15, 0.2) is 0 Å². The number of benzene rings is 1. The molecule has 2 aliphatic rings. The Balaban J connectivity index is 2.04. The van der Waals surface area contributed by atoms with Crippen LogP contribution in [0.4, 0.5) is 5.69 Å². The zero-order valence-electron chi connectivity index (χ0n) is 10.6. The number of anilines is 1. The average molecular weight is 231 g/mol. The maximum Gasteiger partial charge on any atom is 0.0499 e. The van der Waals surface area contributed by atoms with Gasteiger partial charge in [-0.2, -0.15) is 0 Å². The molecule has 3 rings (SSSR count). The van der Waals surface area contributed by atoms with Crippen LogP contribution in [0.25, 0.3) is 0 Å². The number of nitrogens with zero attached hydrogens (tertiary/aromatic N) is 1. The van der Waals surface area contributed by atoms with Crippen molar-refractivity contribution in [2.24, 2.45) is 0 Å². The summed E-state index contributed by atoms with van der Waals surface area (Å²) in [5.74, 6) is 0.326. The number of aryl methyl sites for hydroxylation is 1. The van der Waals surface area contributed by atoms with Crippen LogP contribution >= 0.6 is 0 Å². The Hall–Kier alpha value is -1.02. The van der Waals surface area contributed by atoms with Crippen LogP contribution in [-0.2, 0) is 12.8 Å². The molecule has 0 aliphatic carbocycles. The van der Waals surface area contributed by atoms with Gasteiger partial charge in [0.05, 0.1) is 0 Å². The van der Waals surface area contributed by atoms with Crippen molar-refractivity contribution in [2.75, 3.05) is 24.6 Å². The van der Waals surface area contributed by atoms with Crippen LogP contribution in [0.15, 0.2) is 12.1 Å². The van der Waals surface area contributed by atoms with Crippen LogP contribution in [-0.4, -0.2) is 24.8 Å². The van der Waals surface area contributed by atoms with E-state index < -0.39 is 0 Å². The second kappa shape index (κ2) is 4.34. The molecule has 1 N–H and O–H groups in total. The van der Waals surface area contributed by atoms with Crippen molar-refractivity contribution in [3.8, 4) is 0 Å². The van der Waals surface area contributed by atoms with Crippen molar-refractivity contribution < 1.29 is 5.11 Å². The molecule has 92 valence electrons. The Bertz CT molecular complexity index is 423. The van der Waals surface area contributed by atoms with E-state index in [1.807, 2.05) is 0 Å². The lowest BCUT2D eigenvalue weighted by atomic mass is 9.90. The molecule has 0 radical (unpaired) electrons. The summed E-state index contributed by atoms with van der Waals surface area (Å²) in [5.41, 5.74) is 5.91. The summed E-state index contributed by atoms with van der Waals surface area (Å²) >= 11 is 0. The minimum atomic E-state index is 0.276. The second-order valence-corrected chi connectivity index (χ2v) is 5.32. The highest BCUT2D eigenvalue weighted by Gasteiger charge is 2.26. The van der Waals surface area contributed by atoms with Gasteiger partial charge in [0.1, 0.15) is 0 Å². The largest absolute Gasteiger partial charge is 0.396 e. The lowest BCUT2D eigenvalue weighted by molar-refractivity contribution is 0.262. The first-order valence-electron chi connectivity index (χ1n) is 6.85. The Morgan fingerprint density at radius 3 is 2.71 bits per heavy atom. The Kier molecular flexibility index (Phi) is 2.83. The van der Waals surface area contributed by atoms with E-state index in [0.717, 1.165) is 6.42 Å². The number of aliphatic hydroxyl groups is 1. The molecule has 0 spiro atoms. The van der Waals surface area contributed by atoms with E-state index in [9.17, 15) is 5.11 Å². The van der Waals surface area contributed by atoms with Crippen LogP contribution in [0.2, 0.25) is 0 Å². The van der Waals surface area contributed by atoms with Gasteiger partial charge in [-0.25, -0.2) is 0 Å². The fourth-order valence-electron chi connectivity index (χ4n) is 3.33. The fraction of sp³-hybridized carbons (Fsp3) is 0.600. The molecule has 1 atom stereocenters. The van der Waals surface area contributed by atoms with Gasteiger partial charge in [-0.1, -0.05) is 19.1 Å². The highest BCUT2D eigenvalue weighted by Crippen LogP contribution is 2.38. The van der Waals surface area contributed by atoms with Crippen LogP contribution in [0.1, 0.15) is 42.4 Å². The highest BCUT2D eigenvalue weighted by atomic mass is 16.3. The number of hydrogen-bond donors (Lipinski definition) is 1. The third kappa shape index (κ3) is 1.75. The van der Waals surface area contributed by atoms with Gasteiger partial charge in [0.2, 0.25) is 0 Å². The minimum Gasteiger partial charge on any atom is -0.396 e. The standard InChI is InChI=1S/C15H21NO/c1-2-11(10-17)14-8-12-4-3-6-16-7-5-13(9-14)15(12)16/h8-9,11,17H,2-7,10H2,1H3. The highest BCUT2D eigenvalue weighted by molar-refractivity contribution is 5.66. The Morgan fingerprint density at radius 2 is 2.00 bits per heavy atom. The monoisotopic (exact) mass is 231 g/mol. The summed E-state index contributed by atoms with van der Waals surface area (Å²) in [6, 6.07) is 4.69. The van der Waals surface area contributed by atoms with Crippen molar-refractivity contribution in [1.29, 1.82) is 0 Å². The topological polar surface area (TPSA) is 23.5 Å². The van der Waals surface area contributed by atoms with Gasteiger partial charge in [-0.3, -0.25) is 0 Å². The van der Waals surface area contributed by atoms with Crippen molar-refractivity contribution in [2.45, 2.75) is 38.5 Å². The molecule has 0 saturated heterocycles.